The van der Waals surface area contributed by atoms with Crippen molar-refractivity contribution < 1.29 is 9.94 Å². The van der Waals surface area contributed by atoms with E-state index in [0.717, 1.165) is 21.3 Å². The van der Waals surface area contributed by atoms with Crippen molar-refractivity contribution in [1.29, 1.82) is 0 Å². The highest BCUT2D eigenvalue weighted by Crippen LogP contribution is 2.34. The Balaban J connectivity index is 3.28. The summed E-state index contributed by atoms with van der Waals surface area (Å²) < 4.78 is 6.22. The number of aryl methyl sites for hydroxylation is 1. The third-order valence-electron chi connectivity index (χ3n) is 2.28. The third-order valence-corrected chi connectivity index (χ3v) is 3.23. The summed E-state index contributed by atoms with van der Waals surface area (Å²) in [4.78, 5) is 0. The average molecular weight is 260 g/mol. The van der Waals surface area contributed by atoms with E-state index in [1.807, 2.05) is 19.9 Å². The number of benzene rings is 1. The van der Waals surface area contributed by atoms with E-state index >= 15 is 0 Å². The first kappa shape index (κ1) is 11.5. The van der Waals surface area contributed by atoms with E-state index in [9.17, 15) is 0 Å². The molecule has 1 aromatic carbocycles. The number of nitrogens with one attached hydrogen (secondary N) is 1. The maximum absolute atomic E-state index is 8.67. The first-order chi connectivity index (χ1) is 6.61. The molecule has 2 N–H and O–H groups in total. The van der Waals surface area contributed by atoms with Crippen LogP contribution >= 0.6 is 15.9 Å². The summed E-state index contributed by atoms with van der Waals surface area (Å²) in [5.41, 5.74) is 5.39. The van der Waals surface area contributed by atoms with Crippen LogP contribution in [0.3, 0.4) is 0 Å². The largest absolute Gasteiger partial charge is 0.495 e. The smallest absolute Gasteiger partial charge is 0.137 e. The molecule has 1 aromatic rings. The van der Waals surface area contributed by atoms with Gasteiger partial charge in [0.2, 0.25) is 0 Å². The van der Waals surface area contributed by atoms with Gasteiger partial charge in [-0.2, -0.15) is 0 Å². The second-order valence-corrected chi connectivity index (χ2v) is 3.95. The summed E-state index contributed by atoms with van der Waals surface area (Å²) in [7, 11) is 1.62. The van der Waals surface area contributed by atoms with Crippen LogP contribution in [-0.2, 0) is 6.54 Å². The second-order valence-electron chi connectivity index (χ2n) is 3.16. The standard InChI is InChI=1S/C10H14BrNO2/c1-6-4-8(5-12-13)10(14-3)9(11)7(6)2/h4,12-13H,5H2,1-3H3. The first-order valence-corrected chi connectivity index (χ1v) is 5.10. The molecule has 0 aliphatic carbocycles. The predicted molar refractivity (Wildman–Crippen MR) is 58.8 cm³/mol. The maximum atomic E-state index is 8.67. The molecule has 14 heavy (non-hydrogen) atoms. The van der Waals surface area contributed by atoms with Crippen molar-refractivity contribution in [3.8, 4) is 5.75 Å². The Hall–Kier alpha value is -0.580. The highest BCUT2D eigenvalue weighted by molar-refractivity contribution is 9.10. The van der Waals surface area contributed by atoms with E-state index in [4.69, 9.17) is 9.94 Å². The first-order valence-electron chi connectivity index (χ1n) is 4.31. The van der Waals surface area contributed by atoms with Gasteiger partial charge in [-0.25, -0.2) is 5.48 Å². The van der Waals surface area contributed by atoms with Gasteiger partial charge >= 0.3 is 0 Å². The van der Waals surface area contributed by atoms with Crippen LogP contribution in [0.2, 0.25) is 0 Å². The molecule has 0 radical (unpaired) electrons. The Morgan fingerprint density at radius 3 is 2.64 bits per heavy atom. The summed E-state index contributed by atoms with van der Waals surface area (Å²) in [6.07, 6.45) is 0. The van der Waals surface area contributed by atoms with E-state index in [0.29, 0.717) is 6.54 Å². The molecule has 0 amide bonds. The van der Waals surface area contributed by atoms with Gasteiger partial charge in [0.15, 0.2) is 0 Å². The lowest BCUT2D eigenvalue weighted by Crippen LogP contribution is -2.08. The van der Waals surface area contributed by atoms with Crippen LogP contribution in [-0.4, -0.2) is 12.3 Å². The molecule has 0 heterocycles. The van der Waals surface area contributed by atoms with Gasteiger partial charge in [-0.05, 0) is 40.9 Å². The Labute approximate surface area is 92.2 Å². The zero-order valence-electron chi connectivity index (χ0n) is 8.52. The van der Waals surface area contributed by atoms with E-state index in [2.05, 4.69) is 21.4 Å². The molecule has 1 rings (SSSR count). The average Bonchev–Trinajstić information content (AvgIpc) is 2.16. The van der Waals surface area contributed by atoms with Gasteiger partial charge in [0.25, 0.3) is 0 Å². The van der Waals surface area contributed by atoms with Gasteiger partial charge in [-0.15, -0.1) is 0 Å². The fourth-order valence-electron chi connectivity index (χ4n) is 1.36. The Morgan fingerprint density at radius 1 is 1.50 bits per heavy atom. The molecule has 0 spiro atoms. The van der Waals surface area contributed by atoms with Gasteiger partial charge in [0.1, 0.15) is 5.75 Å². The lowest BCUT2D eigenvalue weighted by Gasteiger charge is -2.14. The van der Waals surface area contributed by atoms with E-state index in [-0.39, 0.29) is 0 Å². The third kappa shape index (κ3) is 2.08. The van der Waals surface area contributed by atoms with Crippen molar-refractivity contribution >= 4 is 15.9 Å². The number of hydroxylamine groups is 1. The molecule has 0 unspecified atom stereocenters. The summed E-state index contributed by atoms with van der Waals surface area (Å²) in [6, 6.07) is 2.00. The number of halogens is 1. The Morgan fingerprint density at radius 2 is 2.14 bits per heavy atom. The SMILES string of the molecule is COc1c(CNO)cc(C)c(C)c1Br. The molecular weight excluding hydrogens is 246 g/mol. The zero-order valence-corrected chi connectivity index (χ0v) is 10.1. The van der Waals surface area contributed by atoms with Crippen LogP contribution in [0.15, 0.2) is 10.5 Å². The van der Waals surface area contributed by atoms with Gasteiger partial charge in [0, 0.05) is 12.1 Å². The highest BCUT2D eigenvalue weighted by Gasteiger charge is 2.11. The molecule has 0 aliphatic heterocycles. The van der Waals surface area contributed by atoms with Gasteiger partial charge < -0.3 is 9.94 Å². The molecule has 0 atom stereocenters. The van der Waals surface area contributed by atoms with Crippen LogP contribution in [0.25, 0.3) is 0 Å². The molecule has 4 heteroatoms. The van der Waals surface area contributed by atoms with Crippen LogP contribution in [0.4, 0.5) is 0 Å². The van der Waals surface area contributed by atoms with E-state index in [1.54, 1.807) is 7.11 Å². The molecule has 3 nitrogen and oxygen atoms in total. The summed E-state index contributed by atoms with van der Waals surface area (Å²) in [6.45, 7) is 4.43. The monoisotopic (exact) mass is 259 g/mol. The number of ether oxygens (including phenoxy) is 1. The van der Waals surface area contributed by atoms with Crippen molar-refractivity contribution in [2.24, 2.45) is 0 Å². The summed E-state index contributed by atoms with van der Waals surface area (Å²) in [5.74, 6) is 0.773. The Bertz CT molecular complexity index is 339. The quantitative estimate of drug-likeness (QED) is 0.820. The van der Waals surface area contributed by atoms with E-state index < -0.39 is 0 Å². The topological polar surface area (TPSA) is 41.5 Å². The molecule has 0 fully saturated rings. The Kier molecular flexibility index (Phi) is 3.92. The second kappa shape index (κ2) is 4.77. The minimum Gasteiger partial charge on any atom is -0.495 e. The number of hydrogen-bond acceptors (Lipinski definition) is 3. The predicted octanol–water partition coefficient (Wildman–Crippen LogP) is 2.55. The lowest BCUT2D eigenvalue weighted by molar-refractivity contribution is 0.160. The van der Waals surface area contributed by atoms with Crippen molar-refractivity contribution in [2.75, 3.05) is 7.11 Å². The molecule has 0 aromatic heterocycles. The van der Waals surface area contributed by atoms with E-state index in [1.165, 1.54) is 5.56 Å². The molecule has 0 saturated carbocycles. The summed E-state index contributed by atoms with van der Waals surface area (Å²) in [5, 5.41) is 8.67. The van der Waals surface area contributed by atoms with Crippen LogP contribution in [0.5, 0.6) is 5.75 Å². The zero-order chi connectivity index (χ0) is 10.7. The normalized spacial score (nSPS) is 10.4. The minimum atomic E-state index is 0.378. The van der Waals surface area contributed by atoms with Gasteiger partial charge in [-0.1, -0.05) is 6.07 Å². The van der Waals surface area contributed by atoms with Crippen molar-refractivity contribution in [3.63, 3.8) is 0 Å². The van der Waals surface area contributed by atoms with Gasteiger partial charge in [0.05, 0.1) is 11.6 Å². The van der Waals surface area contributed by atoms with Crippen molar-refractivity contribution in [2.45, 2.75) is 20.4 Å². The molecule has 0 aliphatic rings. The molecule has 0 saturated heterocycles. The van der Waals surface area contributed by atoms with Crippen LogP contribution < -0.4 is 10.2 Å². The maximum Gasteiger partial charge on any atom is 0.137 e. The van der Waals surface area contributed by atoms with Crippen LogP contribution in [0, 0.1) is 13.8 Å². The lowest BCUT2D eigenvalue weighted by atomic mass is 10.1. The van der Waals surface area contributed by atoms with Crippen molar-refractivity contribution in [1.82, 2.24) is 5.48 Å². The fraction of sp³-hybridized carbons (Fsp3) is 0.400. The number of methoxy groups -OCH3 is 1. The minimum absolute atomic E-state index is 0.378. The van der Waals surface area contributed by atoms with Gasteiger partial charge in [-0.3, -0.25) is 0 Å². The van der Waals surface area contributed by atoms with Crippen molar-refractivity contribution in [3.05, 3.63) is 27.2 Å². The molecule has 0 bridgehead atoms. The molecule has 78 valence electrons. The molecular formula is C10H14BrNO2. The van der Waals surface area contributed by atoms with Crippen LogP contribution in [0.1, 0.15) is 16.7 Å². The number of rotatable bonds is 3. The summed E-state index contributed by atoms with van der Waals surface area (Å²) >= 11 is 3.48. The number of hydrogen-bond donors (Lipinski definition) is 2. The fourth-order valence-corrected chi connectivity index (χ4v) is 2.09. The highest BCUT2D eigenvalue weighted by atomic mass is 79.9.